The molecule has 0 fully saturated rings. The number of hydrogen-bond donors (Lipinski definition) is 2. The maximum atomic E-state index is 12.5. The minimum atomic E-state index is -0.467. The first-order valence-corrected chi connectivity index (χ1v) is 9.26. The number of benzene rings is 2. The van der Waals surface area contributed by atoms with E-state index in [-0.39, 0.29) is 11.6 Å². The van der Waals surface area contributed by atoms with Gasteiger partial charge in [-0.3, -0.25) is 4.79 Å². The van der Waals surface area contributed by atoms with Gasteiger partial charge in [0.05, 0.1) is 12.7 Å². The number of aromatic nitrogens is 2. The van der Waals surface area contributed by atoms with Crippen molar-refractivity contribution in [2.75, 3.05) is 24.3 Å². The summed E-state index contributed by atoms with van der Waals surface area (Å²) in [6.07, 6.45) is 3.40. The molecule has 29 heavy (non-hydrogen) atoms. The monoisotopic (exact) mass is 390 g/mol. The Hall–Kier alpha value is -3.74. The van der Waals surface area contributed by atoms with Crippen LogP contribution in [0, 0.1) is 0 Å². The summed E-state index contributed by atoms with van der Waals surface area (Å²) in [5.41, 5.74) is 2.34. The van der Waals surface area contributed by atoms with Gasteiger partial charge in [-0.05, 0) is 42.7 Å². The van der Waals surface area contributed by atoms with E-state index >= 15 is 0 Å². The molecule has 0 saturated heterocycles. The van der Waals surface area contributed by atoms with Crippen molar-refractivity contribution in [1.82, 2.24) is 9.97 Å². The van der Waals surface area contributed by atoms with Crippen LogP contribution in [-0.4, -0.2) is 35.5 Å². The van der Waals surface area contributed by atoms with Crippen molar-refractivity contribution in [3.8, 4) is 0 Å². The molecule has 7 heteroatoms. The van der Waals surface area contributed by atoms with Crippen molar-refractivity contribution in [3.63, 3.8) is 0 Å². The molecule has 1 heterocycles. The molecule has 148 valence electrons. The van der Waals surface area contributed by atoms with Gasteiger partial charge in [0.2, 0.25) is 5.95 Å². The van der Waals surface area contributed by atoms with Crippen LogP contribution in [0.2, 0.25) is 0 Å². The standard InChI is InChI=1S/C22H22N4O3/c1-29-21(28)17-10-5-11-18(15-17)25-20(27)19-12-14-24-22(26-19)23-13-6-9-16-7-3-2-4-8-16/h2-5,7-8,10-12,14-15H,6,9,13H2,1H3,(H,25,27)(H,23,24,26). The van der Waals surface area contributed by atoms with Gasteiger partial charge in [0, 0.05) is 18.4 Å². The fourth-order valence-electron chi connectivity index (χ4n) is 2.74. The van der Waals surface area contributed by atoms with Crippen LogP contribution in [0.1, 0.15) is 32.8 Å². The van der Waals surface area contributed by atoms with Gasteiger partial charge < -0.3 is 15.4 Å². The Kier molecular flexibility index (Phi) is 6.89. The zero-order valence-electron chi connectivity index (χ0n) is 16.1. The Morgan fingerprint density at radius 2 is 1.86 bits per heavy atom. The normalized spacial score (nSPS) is 10.2. The number of ether oxygens (including phenoxy) is 1. The minimum Gasteiger partial charge on any atom is -0.465 e. The topological polar surface area (TPSA) is 93.2 Å². The average molecular weight is 390 g/mol. The number of amides is 1. The Balaban J connectivity index is 1.56. The van der Waals surface area contributed by atoms with E-state index in [9.17, 15) is 9.59 Å². The number of carbonyl (C=O) groups excluding carboxylic acids is 2. The summed E-state index contributed by atoms with van der Waals surface area (Å²) in [7, 11) is 1.31. The Morgan fingerprint density at radius 1 is 1.03 bits per heavy atom. The number of anilines is 2. The number of rotatable bonds is 8. The van der Waals surface area contributed by atoms with Crippen LogP contribution < -0.4 is 10.6 Å². The second-order valence-corrected chi connectivity index (χ2v) is 6.31. The molecule has 0 aliphatic heterocycles. The van der Waals surface area contributed by atoms with E-state index in [4.69, 9.17) is 4.74 Å². The lowest BCUT2D eigenvalue weighted by Crippen LogP contribution is -2.16. The van der Waals surface area contributed by atoms with Crippen molar-refractivity contribution in [2.24, 2.45) is 0 Å². The summed E-state index contributed by atoms with van der Waals surface area (Å²) in [5, 5.41) is 5.87. The lowest BCUT2D eigenvalue weighted by atomic mass is 10.1. The van der Waals surface area contributed by atoms with Gasteiger partial charge in [0.15, 0.2) is 0 Å². The number of nitrogens with one attached hydrogen (secondary N) is 2. The highest BCUT2D eigenvalue weighted by Crippen LogP contribution is 2.13. The minimum absolute atomic E-state index is 0.231. The Morgan fingerprint density at radius 3 is 2.66 bits per heavy atom. The van der Waals surface area contributed by atoms with E-state index in [1.807, 2.05) is 18.2 Å². The molecular formula is C22H22N4O3. The first-order chi connectivity index (χ1) is 14.2. The smallest absolute Gasteiger partial charge is 0.337 e. The molecule has 1 aromatic heterocycles. The average Bonchev–Trinajstić information content (AvgIpc) is 2.77. The van der Waals surface area contributed by atoms with E-state index in [1.165, 1.54) is 24.9 Å². The predicted octanol–water partition coefficient (Wildman–Crippen LogP) is 3.56. The SMILES string of the molecule is COC(=O)c1cccc(NC(=O)c2ccnc(NCCCc3ccccc3)n2)c1. The molecule has 0 atom stereocenters. The number of methoxy groups -OCH3 is 1. The second kappa shape index (κ2) is 9.98. The van der Waals surface area contributed by atoms with Gasteiger partial charge in [-0.2, -0.15) is 0 Å². The number of carbonyl (C=O) groups is 2. The van der Waals surface area contributed by atoms with Crippen LogP contribution >= 0.6 is 0 Å². The Bertz CT molecular complexity index is 977. The lowest BCUT2D eigenvalue weighted by Gasteiger charge is -2.08. The van der Waals surface area contributed by atoms with Crippen LogP contribution in [0.4, 0.5) is 11.6 Å². The molecule has 1 amide bonds. The fourth-order valence-corrected chi connectivity index (χ4v) is 2.74. The molecule has 2 N–H and O–H groups in total. The quantitative estimate of drug-likeness (QED) is 0.451. The molecule has 0 spiro atoms. The molecule has 0 unspecified atom stereocenters. The molecule has 3 rings (SSSR count). The number of esters is 1. The van der Waals surface area contributed by atoms with Crippen molar-refractivity contribution in [1.29, 1.82) is 0 Å². The molecule has 0 saturated carbocycles. The van der Waals surface area contributed by atoms with E-state index in [0.29, 0.717) is 23.7 Å². The van der Waals surface area contributed by atoms with Crippen LogP contribution in [0.15, 0.2) is 66.9 Å². The van der Waals surface area contributed by atoms with Crippen molar-refractivity contribution in [3.05, 3.63) is 83.7 Å². The third-order valence-electron chi connectivity index (χ3n) is 4.20. The summed E-state index contributed by atoms with van der Waals surface area (Å²) in [6, 6.07) is 18.3. The first kappa shape index (κ1) is 20.0. The molecule has 0 aliphatic carbocycles. The molecule has 0 radical (unpaired) electrons. The third kappa shape index (κ3) is 5.87. The zero-order chi connectivity index (χ0) is 20.5. The second-order valence-electron chi connectivity index (χ2n) is 6.31. The van der Waals surface area contributed by atoms with Crippen LogP contribution in [0.3, 0.4) is 0 Å². The van der Waals surface area contributed by atoms with Crippen LogP contribution in [0.25, 0.3) is 0 Å². The third-order valence-corrected chi connectivity index (χ3v) is 4.20. The lowest BCUT2D eigenvalue weighted by molar-refractivity contribution is 0.0600. The van der Waals surface area contributed by atoms with Gasteiger partial charge in [-0.25, -0.2) is 14.8 Å². The highest BCUT2D eigenvalue weighted by molar-refractivity contribution is 6.03. The largest absolute Gasteiger partial charge is 0.465 e. The predicted molar refractivity (Wildman–Crippen MR) is 111 cm³/mol. The number of nitrogens with zero attached hydrogens (tertiary/aromatic N) is 2. The van der Waals surface area contributed by atoms with Crippen molar-refractivity contribution < 1.29 is 14.3 Å². The molecule has 3 aromatic rings. The van der Waals surface area contributed by atoms with Crippen molar-refractivity contribution in [2.45, 2.75) is 12.8 Å². The number of aryl methyl sites for hydroxylation is 1. The molecule has 7 nitrogen and oxygen atoms in total. The molecule has 2 aromatic carbocycles. The van der Waals surface area contributed by atoms with Gasteiger partial charge >= 0.3 is 5.97 Å². The summed E-state index contributed by atoms with van der Waals surface area (Å²) in [5.74, 6) is -0.458. The highest BCUT2D eigenvalue weighted by Gasteiger charge is 2.11. The maximum Gasteiger partial charge on any atom is 0.337 e. The molecule has 0 bridgehead atoms. The first-order valence-electron chi connectivity index (χ1n) is 9.26. The highest BCUT2D eigenvalue weighted by atomic mass is 16.5. The number of hydrogen-bond acceptors (Lipinski definition) is 6. The molecule has 0 aliphatic rings. The van der Waals surface area contributed by atoms with Gasteiger partial charge in [-0.15, -0.1) is 0 Å². The van der Waals surface area contributed by atoms with Crippen LogP contribution in [-0.2, 0) is 11.2 Å². The summed E-state index contributed by atoms with van der Waals surface area (Å²) >= 11 is 0. The van der Waals surface area contributed by atoms with E-state index in [1.54, 1.807) is 24.3 Å². The van der Waals surface area contributed by atoms with Gasteiger partial charge in [-0.1, -0.05) is 36.4 Å². The van der Waals surface area contributed by atoms with E-state index < -0.39 is 5.97 Å². The molecular weight excluding hydrogens is 368 g/mol. The zero-order valence-corrected chi connectivity index (χ0v) is 16.1. The fraction of sp³-hybridized carbons (Fsp3) is 0.182. The Labute approximate surface area is 169 Å². The summed E-state index contributed by atoms with van der Waals surface area (Å²) < 4.78 is 4.69. The van der Waals surface area contributed by atoms with E-state index in [2.05, 4.69) is 32.7 Å². The van der Waals surface area contributed by atoms with Crippen molar-refractivity contribution >= 4 is 23.5 Å². The van der Waals surface area contributed by atoms with Gasteiger partial charge in [0.25, 0.3) is 5.91 Å². The summed E-state index contributed by atoms with van der Waals surface area (Å²) in [4.78, 5) is 32.5. The summed E-state index contributed by atoms with van der Waals surface area (Å²) in [6.45, 7) is 0.696. The maximum absolute atomic E-state index is 12.5. The van der Waals surface area contributed by atoms with Gasteiger partial charge in [0.1, 0.15) is 5.69 Å². The van der Waals surface area contributed by atoms with E-state index in [0.717, 1.165) is 12.8 Å². The van der Waals surface area contributed by atoms with Crippen LogP contribution in [0.5, 0.6) is 0 Å².